The highest BCUT2D eigenvalue weighted by Crippen LogP contribution is 2.23. The molecule has 13 heavy (non-hydrogen) atoms. The van der Waals surface area contributed by atoms with Gasteiger partial charge >= 0.3 is 0 Å². The van der Waals surface area contributed by atoms with Crippen molar-refractivity contribution in [3.63, 3.8) is 0 Å². The molecule has 0 spiro atoms. The third kappa shape index (κ3) is 3.75. The van der Waals surface area contributed by atoms with Gasteiger partial charge in [0, 0.05) is 0 Å². The third-order valence-electron chi connectivity index (χ3n) is 2.72. The Morgan fingerprint density at radius 1 is 1.46 bits per heavy atom. The third-order valence-corrected chi connectivity index (χ3v) is 2.72. The summed E-state index contributed by atoms with van der Waals surface area (Å²) in [4.78, 5) is 0. The minimum absolute atomic E-state index is 0.0492. The van der Waals surface area contributed by atoms with Crippen molar-refractivity contribution in [2.45, 2.75) is 44.8 Å². The summed E-state index contributed by atoms with van der Waals surface area (Å²) in [5.41, 5.74) is 0. The van der Waals surface area contributed by atoms with Crippen molar-refractivity contribution in [1.82, 2.24) is 5.32 Å². The van der Waals surface area contributed by atoms with Crippen LogP contribution in [0.2, 0.25) is 0 Å². The number of hydrogen-bond donors (Lipinski definition) is 2. The van der Waals surface area contributed by atoms with E-state index < -0.39 is 0 Å². The highest BCUT2D eigenvalue weighted by molar-refractivity contribution is 4.86. The van der Waals surface area contributed by atoms with E-state index in [2.05, 4.69) is 11.4 Å². The first kappa shape index (κ1) is 10.5. The predicted molar refractivity (Wildman–Crippen MR) is 51.0 cm³/mol. The van der Waals surface area contributed by atoms with Gasteiger partial charge in [-0.3, -0.25) is 0 Å². The van der Waals surface area contributed by atoms with Gasteiger partial charge in [0.25, 0.3) is 0 Å². The minimum atomic E-state index is -0.0790. The maximum atomic E-state index is 9.28. The van der Waals surface area contributed by atoms with Gasteiger partial charge in [-0.2, -0.15) is 5.26 Å². The van der Waals surface area contributed by atoms with Gasteiger partial charge in [-0.1, -0.05) is 0 Å². The molecule has 3 heteroatoms. The van der Waals surface area contributed by atoms with Crippen LogP contribution < -0.4 is 5.32 Å². The standard InChI is InChI=1S/C10H18N2O/c1-8(6-11)12-7-9-2-4-10(13)5-3-9/h8-10,12-13H,2-5,7H2,1H3. The quantitative estimate of drug-likeness (QED) is 0.685. The van der Waals surface area contributed by atoms with Crippen molar-refractivity contribution in [1.29, 1.82) is 5.26 Å². The first-order valence-electron chi connectivity index (χ1n) is 5.03. The molecule has 0 saturated heterocycles. The summed E-state index contributed by atoms with van der Waals surface area (Å²) >= 11 is 0. The van der Waals surface area contributed by atoms with Gasteiger partial charge in [0.05, 0.1) is 18.2 Å². The minimum Gasteiger partial charge on any atom is -0.393 e. The SMILES string of the molecule is CC(C#N)NCC1CCC(O)CC1. The maximum absolute atomic E-state index is 9.28. The van der Waals surface area contributed by atoms with Crippen molar-refractivity contribution < 1.29 is 5.11 Å². The Hall–Kier alpha value is -0.590. The molecule has 0 bridgehead atoms. The summed E-state index contributed by atoms with van der Waals surface area (Å²) in [6.07, 6.45) is 3.95. The van der Waals surface area contributed by atoms with Gasteiger partial charge in [0.15, 0.2) is 0 Å². The average molecular weight is 182 g/mol. The van der Waals surface area contributed by atoms with Crippen molar-refractivity contribution in [2.75, 3.05) is 6.54 Å². The van der Waals surface area contributed by atoms with Crippen LogP contribution in [0.1, 0.15) is 32.6 Å². The normalized spacial score (nSPS) is 30.8. The van der Waals surface area contributed by atoms with Gasteiger partial charge in [-0.25, -0.2) is 0 Å². The Balaban J connectivity index is 2.13. The Morgan fingerprint density at radius 2 is 2.08 bits per heavy atom. The van der Waals surface area contributed by atoms with Gasteiger partial charge in [0.2, 0.25) is 0 Å². The Labute approximate surface area is 79.8 Å². The van der Waals surface area contributed by atoms with Gasteiger partial charge in [-0.05, 0) is 45.1 Å². The molecular formula is C10H18N2O. The van der Waals surface area contributed by atoms with Crippen molar-refractivity contribution in [2.24, 2.45) is 5.92 Å². The van der Waals surface area contributed by atoms with Crippen molar-refractivity contribution in [3.8, 4) is 6.07 Å². The molecule has 0 aromatic heterocycles. The van der Waals surface area contributed by atoms with E-state index in [1.165, 1.54) is 0 Å². The van der Waals surface area contributed by atoms with Crippen molar-refractivity contribution >= 4 is 0 Å². The van der Waals surface area contributed by atoms with E-state index in [4.69, 9.17) is 5.26 Å². The zero-order valence-electron chi connectivity index (χ0n) is 8.16. The second-order valence-electron chi connectivity index (χ2n) is 3.93. The largest absolute Gasteiger partial charge is 0.393 e. The van der Waals surface area contributed by atoms with Gasteiger partial charge in [-0.15, -0.1) is 0 Å². The molecule has 1 aliphatic carbocycles. The Morgan fingerprint density at radius 3 is 2.62 bits per heavy atom. The molecule has 3 nitrogen and oxygen atoms in total. The zero-order valence-corrected chi connectivity index (χ0v) is 8.16. The Kier molecular flexibility index (Phi) is 4.20. The van der Waals surface area contributed by atoms with Crippen LogP contribution in [0.3, 0.4) is 0 Å². The van der Waals surface area contributed by atoms with E-state index in [1.807, 2.05) is 6.92 Å². The number of rotatable bonds is 3. The molecule has 1 saturated carbocycles. The second kappa shape index (κ2) is 5.21. The molecule has 0 heterocycles. The fourth-order valence-electron chi connectivity index (χ4n) is 1.74. The van der Waals surface area contributed by atoms with Crippen LogP contribution >= 0.6 is 0 Å². The molecule has 2 N–H and O–H groups in total. The van der Waals surface area contributed by atoms with E-state index in [0.717, 1.165) is 32.2 Å². The molecule has 0 aliphatic heterocycles. The molecule has 1 unspecified atom stereocenters. The monoisotopic (exact) mass is 182 g/mol. The summed E-state index contributed by atoms with van der Waals surface area (Å²) in [6.45, 7) is 2.79. The molecule has 0 radical (unpaired) electrons. The van der Waals surface area contributed by atoms with E-state index >= 15 is 0 Å². The van der Waals surface area contributed by atoms with Crippen molar-refractivity contribution in [3.05, 3.63) is 0 Å². The molecule has 1 rings (SSSR count). The number of nitrogens with one attached hydrogen (secondary N) is 1. The summed E-state index contributed by atoms with van der Waals surface area (Å²) in [6, 6.07) is 2.10. The predicted octanol–water partition coefficient (Wildman–Crippen LogP) is 1.04. The highest BCUT2D eigenvalue weighted by Gasteiger charge is 2.19. The topological polar surface area (TPSA) is 56.0 Å². The lowest BCUT2D eigenvalue weighted by molar-refractivity contribution is 0.108. The number of aliphatic hydroxyl groups is 1. The zero-order chi connectivity index (χ0) is 9.68. The van der Waals surface area contributed by atoms with E-state index in [9.17, 15) is 5.11 Å². The molecule has 74 valence electrons. The number of nitrogens with zero attached hydrogens (tertiary/aromatic N) is 1. The fourth-order valence-corrected chi connectivity index (χ4v) is 1.74. The van der Waals surface area contributed by atoms with Crippen LogP contribution in [0.5, 0.6) is 0 Å². The van der Waals surface area contributed by atoms with Gasteiger partial charge < -0.3 is 10.4 Å². The molecule has 0 aromatic rings. The van der Waals surface area contributed by atoms with E-state index in [-0.39, 0.29) is 12.1 Å². The van der Waals surface area contributed by atoms with Crippen LogP contribution in [0, 0.1) is 17.2 Å². The molecule has 1 atom stereocenters. The first-order chi connectivity index (χ1) is 6.22. The first-order valence-corrected chi connectivity index (χ1v) is 5.03. The summed E-state index contributed by atoms with van der Waals surface area (Å²) < 4.78 is 0. The number of aliphatic hydroxyl groups excluding tert-OH is 1. The van der Waals surface area contributed by atoms with Crippen LogP contribution in [0.25, 0.3) is 0 Å². The summed E-state index contributed by atoms with van der Waals surface area (Å²) in [5, 5.41) is 21.0. The van der Waals surface area contributed by atoms with Crippen LogP contribution in [0.4, 0.5) is 0 Å². The maximum Gasteiger partial charge on any atom is 0.0924 e. The van der Waals surface area contributed by atoms with Crippen LogP contribution in [-0.2, 0) is 0 Å². The van der Waals surface area contributed by atoms with E-state index in [0.29, 0.717) is 5.92 Å². The van der Waals surface area contributed by atoms with Crippen LogP contribution in [0.15, 0.2) is 0 Å². The molecule has 0 aromatic carbocycles. The smallest absolute Gasteiger partial charge is 0.0924 e. The fraction of sp³-hybridized carbons (Fsp3) is 0.900. The Bertz CT molecular complexity index is 180. The van der Waals surface area contributed by atoms with Crippen LogP contribution in [-0.4, -0.2) is 23.8 Å². The molecule has 0 amide bonds. The molecule has 1 aliphatic rings. The van der Waals surface area contributed by atoms with Gasteiger partial charge in [0.1, 0.15) is 0 Å². The molecular weight excluding hydrogens is 164 g/mol. The number of hydrogen-bond acceptors (Lipinski definition) is 3. The lowest BCUT2D eigenvalue weighted by atomic mass is 9.87. The summed E-state index contributed by atoms with van der Waals surface area (Å²) in [5.74, 6) is 0.652. The molecule has 1 fully saturated rings. The number of nitriles is 1. The average Bonchev–Trinajstić information content (AvgIpc) is 2.16. The lowest BCUT2D eigenvalue weighted by Gasteiger charge is -2.25. The highest BCUT2D eigenvalue weighted by atomic mass is 16.3. The second-order valence-corrected chi connectivity index (χ2v) is 3.93. The lowest BCUT2D eigenvalue weighted by Crippen LogP contribution is -2.32. The van der Waals surface area contributed by atoms with E-state index in [1.54, 1.807) is 0 Å². The summed E-state index contributed by atoms with van der Waals surface area (Å²) in [7, 11) is 0.